The van der Waals surface area contributed by atoms with E-state index in [0.717, 1.165) is 35.1 Å². The number of halogens is 1. The first-order valence-corrected chi connectivity index (χ1v) is 9.76. The predicted molar refractivity (Wildman–Crippen MR) is 105 cm³/mol. The molecule has 0 spiro atoms. The molecule has 0 bridgehead atoms. The maximum Gasteiger partial charge on any atom is 0.284 e. The molecule has 0 fully saturated rings. The van der Waals surface area contributed by atoms with E-state index < -0.39 is 0 Å². The molecule has 0 radical (unpaired) electrons. The first-order chi connectivity index (χ1) is 12.0. The van der Waals surface area contributed by atoms with Crippen LogP contribution < -0.4 is 4.74 Å². The number of aromatic nitrogens is 2. The van der Waals surface area contributed by atoms with Crippen molar-refractivity contribution in [3.63, 3.8) is 0 Å². The largest absolute Gasteiger partial charge is 0.483 e. The van der Waals surface area contributed by atoms with Crippen LogP contribution in [0, 0.1) is 13.8 Å². The summed E-state index contributed by atoms with van der Waals surface area (Å²) in [5.74, 6) is 0.532. The fraction of sp³-hybridized carbons (Fsp3) is 0.500. The van der Waals surface area contributed by atoms with Crippen molar-refractivity contribution >= 4 is 21.8 Å². The molecule has 0 saturated heterocycles. The van der Waals surface area contributed by atoms with Crippen LogP contribution in [0.2, 0.25) is 0 Å². The minimum atomic E-state index is -0.145. The van der Waals surface area contributed by atoms with Gasteiger partial charge in [-0.05, 0) is 72.3 Å². The van der Waals surface area contributed by atoms with Crippen molar-refractivity contribution in [1.82, 2.24) is 9.78 Å². The highest BCUT2D eigenvalue weighted by Crippen LogP contribution is 2.26. The van der Waals surface area contributed by atoms with Gasteiger partial charge >= 0.3 is 0 Å². The van der Waals surface area contributed by atoms with Gasteiger partial charge in [0.05, 0.1) is 10.2 Å². The Labute approximate surface area is 158 Å². The summed E-state index contributed by atoms with van der Waals surface area (Å²) in [6.07, 6.45) is 5.45. The lowest BCUT2D eigenvalue weighted by molar-refractivity contribution is 0.0817. The van der Waals surface area contributed by atoms with Crippen molar-refractivity contribution in [1.29, 1.82) is 0 Å². The SMILES string of the molecule is CCCCCc1c(C)nn(C(=O)COc2ccc(CC)cc2Br)c1C. The summed E-state index contributed by atoms with van der Waals surface area (Å²) < 4.78 is 8.06. The fourth-order valence-electron chi connectivity index (χ4n) is 2.91. The van der Waals surface area contributed by atoms with E-state index in [1.807, 2.05) is 32.0 Å². The second-order valence-electron chi connectivity index (χ2n) is 6.32. The minimum Gasteiger partial charge on any atom is -0.483 e. The third-order valence-corrected chi connectivity index (χ3v) is 5.08. The van der Waals surface area contributed by atoms with Crippen LogP contribution in [0.5, 0.6) is 5.75 Å². The zero-order valence-corrected chi connectivity index (χ0v) is 17.1. The Balaban J connectivity index is 2.05. The molecular weight excluding hydrogens is 380 g/mol. The molecule has 1 heterocycles. The van der Waals surface area contributed by atoms with Crippen LogP contribution in [0.4, 0.5) is 0 Å². The van der Waals surface area contributed by atoms with Gasteiger partial charge in [0.25, 0.3) is 5.91 Å². The molecule has 0 saturated carbocycles. The number of carbonyl (C=O) groups excluding carboxylic acids is 1. The predicted octanol–water partition coefficient (Wildman–Crippen LogP) is 5.28. The van der Waals surface area contributed by atoms with Crippen LogP contribution >= 0.6 is 15.9 Å². The van der Waals surface area contributed by atoms with Crippen molar-refractivity contribution in [3.8, 4) is 5.75 Å². The number of ether oxygens (including phenoxy) is 1. The minimum absolute atomic E-state index is 0.0273. The maximum atomic E-state index is 12.5. The fourth-order valence-corrected chi connectivity index (χ4v) is 3.45. The number of benzene rings is 1. The number of hydrogen-bond acceptors (Lipinski definition) is 3. The number of hydrogen-bond donors (Lipinski definition) is 0. The van der Waals surface area contributed by atoms with Crippen molar-refractivity contribution in [2.24, 2.45) is 0 Å². The lowest BCUT2D eigenvalue weighted by atomic mass is 10.1. The molecule has 1 aromatic carbocycles. The third kappa shape index (κ3) is 4.94. The molecular formula is C20H27BrN2O2. The van der Waals surface area contributed by atoms with Gasteiger partial charge in [0, 0.05) is 5.69 Å². The molecule has 25 heavy (non-hydrogen) atoms. The van der Waals surface area contributed by atoms with E-state index in [2.05, 4.69) is 34.9 Å². The Bertz CT molecular complexity index is 738. The Morgan fingerprint density at radius 2 is 2.00 bits per heavy atom. The summed E-state index contributed by atoms with van der Waals surface area (Å²) in [6, 6.07) is 5.93. The molecule has 136 valence electrons. The molecule has 0 amide bonds. The Morgan fingerprint density at radius 1 is 1.24 bits per heavy atom. The van der Waals surface area contributed by atoms with E-state index in [1.165, 1.54) is 28.7 Å². The van der Waals surface area contributed by atoms with Gasteiger partial charge in [-0.1, -0.05) is 32.8 Å². The van der Waals surface area contributed by atoms with E-state index in [0.29, 0.717) is 5.75 Å². The van der Waals surface area contributed by atoms with E-state index in [1.54, 1.807) is 0 Å². The lowest BCUT2D eigenvalue weighted by Gasteiger charge is -2.09. The molecule has 0 unspecified atom stereocenters. The molecule has 2 aromatic rings. The summed E-state index contributed by atoms with van der Waals surface area (Å²) in [4.78, 5) is 12.5. The summed E-state index contributed by atoms with van der Waals surface area (Å²) in [5.41, 5.74) is 4.29. The maximum absolute atomic E-state index is 12.5. The van der Waals surface area contributed by atoms with Crippen LogP contribution in [-0.2, 0) is 12.8 Å². The van der Waals surface area contributed by atoms with E-state index in [-0.39, 0.29) is 12.5 Å². The van der Waals surface area contributed by atoms with Crippen LogP contribution in [0.3, 0.4) is 0 Å². The monoisotopic (exact) mass is 406 g/mol. The highest BCUT2D eigenvalue weighted by molar-refractivity contribution is 9.10. The lowest BCUT2D eigenvalue weighted by Crippen LogP contribution is -2.22. The van der Waals surface area contributed by atoms with Gasteiger partial charge in [0.2, 0.25) is 0 Å². The van der Waals surface area contributed by atoms with Crippen molar-refractivity contribution in [3.05, 3.63) is 45.2 Å². The number of unbranched alkanes of at least 4 members (excludes halogenated alkanes) is 2. The Morgan fingerprint density at radius 3 is 2.64 bits per heavy atom. The van der Waals surface area contributed by atoms with Gasteiger partial charge in [0.15, 0.2) is 6.61 Å². The van der Waals surface area contributed by atoms with E-state index in [9.17, 15) is 4.79 Å². The zero-order valence-electron chi connectivity index (χ0n) is 15.6. The van der Waals surface area contributed by atoms with E-state index >= 15 is 0 Å². The average Bonchev–Trinajstić information content (AvgIpc) is 2.88. The first kappa shape index (κ1) is 19.7. The second kappa shape index (κ2) is 9.18. The zero-order chi connectivity index (χ0) is 18.4. The Kier molecular flexibility index (Phi) is 7.24. The first-order valence-electron chi connectivity index (χ1n) is 8.97. The molecule has 2 rings (SSSR count). The summed E-state index contributed by atoms with van der Waals surface area (Å²) >= 11 is 3.50. The molecule has 4 nitrogen and oxygen atoms in total. The van der Waals surface area contributed by atoms with Crippen LogP contribution in [0.15, 0.2) is 22.7 Å². The Hall–Kier alpha value is -1.62. The van der Waals surface area contributed by atoms with Crippen molar-refractivity contribution in [2.45, 2.75) is 59.8 Å². The molecule has 5 heteroatoms. The molecule has 1 aromatic heterocycles. The van der Waals surface area contributed by atoms with Gasteiger partial charge in [-0.25, -0.2) is 4.68 Å². The molecule has 0 aliphatic carbocycles. The average molecular weight is 407 g/mol. The number of nitrogens with zero attached hydrogens (tertiary/aromatic N) is 2. The normalized spacial score (nSPS) is 10.9. The van der Waals surface area contributed by atoms with Crippen molar-refractivity contribution < 1.29 is 9.53 Å². The third-order valence-electron chi connectivity index (χ3n) is 4.46. The van der Waals surface area contributed by atoms with Crippen LogP contribution in [0.25, 0.3) is 0 Å². The van der Waals surface area contributed by atoms with Gasteiger partial charge in [-0.15, -0.1) is 0 Å². The summed E-state index contributed by atoms with van der Waals surface area (Å²) in [7, 11) is 0. The van der Waals surface area contributed by atoms with Gasteiger partial charge in [0.1, 0.15) is 5.75 Å². The van der Waals surface area contributed by atoms with Crippen LogP contribution in [0.1, 0.15) is 60.4 Å². The van der Waals surface area contributed by atoms with E-state index in [4.69, 9.17) is 4.74 Å². The smallest absolute Gasteiger partial charge is 0.284 e. The number of rotatable bonds is 8. The molecule has 0 aliphatic rings. The van der Waals surface area contributed by atoms with Crippen LogP contribution in [-0.4, -0.2) is 22.3 Å². The van der Waals surface area contributed by atoms with Crippen molar-refractivity contribution in [2.75, 3.05) is 6.61 Å². The molecule has 0 N–H and O–H groups in total. The topological polar surface area (TPSA) is 44.1 Å². The highest BCUT2D eigenvalue weighted by Gasteiger charge is 2.17. The molecule has 0 atom stereocenters. The summed E-state index contributed by atoms with van der Waals surface area (Å²) in [5, 5.41) is 4.43. The second-order valence-corrected chi connectivity index (χ2v) is 7.17. The van der Waals surface area contributed by atoms with Gasteiger partial charge in [-0.3, -0.25) is 4.79 Å². The standard InChI is InChI=1S/C20H27BrN2O2/c1-5-7-8-9-17-14(3)22-23(15(17)4)20(24)13-25-19-11-10-16(6-2)12-18(19)21/h10-12H,5-9,13H2,1-4H3. The highest BCUT2D eigenvalue weighted by atomic mass is 79.9. The van der Waals surface area contributed by atoms with Gasteiger partial charge < -0.3 is 4.74 Å². The number of carbonyl (C=O) groups is 1. The quantitative estimate of drug-likeness (QED) is 0.560. The summed E-state index contributed by atoms with van der Waals surface area (Å²) in [6.45, 7) is 8.20. The van der Waals surface area contributed by atoms with Gasteiger partial charge in [-0.2, -0.15) is 5.10 Å². The number of aryl methyl sites for hydroxylation is 2. The molecule has 0 aliphatic heterocycles.